The van der Waals surface area contributed by atoms with Gasteiger partial charge in [-0.15, -0.1) is 16.9 Å². The molecule has 4 heterocycles. The molecule has 1 saturated heterocycles. The number of hydrogen-bond acceptors (Lipinski definition) is 8. The summed E-state index contributed by atoms with van der Waals surface area (Å²) in [6.45, 7) is 2.46. The molecule has 1 aliphatic rings. The average Bonchev–Trinajstić information content (AvgIpc) is 3.39. The van der Waals surface area contributed by atoms with E-state index in [1.807, 2.05) is 12.3 Å². The van der Waals surface area contributed by atoms with Gasteiger partial charge in [0.15, 0.2) is 0 Å². The summed E-state index contributed by atoms with van der Waals surface area (Å²) in [5, 5.41) is 5.58. The van der Waals surface area contributed by atoms with Crippen molar-refractivity contribution in [2.24, 2.45) is 5.92 Å². The number of anilines is 1. The number of rotatable bonds is 7. The number of thioether (sulfide) groups is 1. The molecule has 172 valence electrons. The van der Waals surface area contributed by atoms with Crippen LogP contribution in [0, 0.1) is 11.7 Å². The molecule has 11 heteroatoms. The van der Waals surface area contributed by atoms with E-state index < -0.39 is 0 Å². The van der Waals surface area contributed by atoms with Crippen molar-refractivity contribution in [1.82, 2.24) is 24.6 Å². The number of imidazole rings is 1. The van der Waals surface area contributed by atoms with Crippen molar-refractivity contribution in [3.63, 3.8) is 0 Å². The van der Waals surface area contributed by atoms with E-state index >= 15 is 0 Å². The van der Waals surface area contributed by atoms with Crippen molar-refractivity contribution in [3.05, 3.63) is 47.6 Å². The predicted molar refractivity (Wildman–Crippen MR) is 130 cm³/mol. The van der Waals surface area contributed by atoms with E-state index in [-0.39, 0.29) is 5.82 Å². The number of piperidine rings is 1. The molecule has 7 nitrogen and oxygen atoms in total. The van der Waals surface area contributed by atoms with Crippen molar-refractivity contribution in [3.8, 4) is 16.5 Å². The molecular formula is C22H22ClFN6OS2. The van der Waals surface area contributed by atoms with E-state index in [4.69, 9.17) is 16.3 Å². The van der Waals surface area contributed by atoms with Gasteiger partial charge >= 0.3 is 0 Å². The SMILES string of the molecule is CSc1ccc(-c2cn3nc(OCCC4CCN(c5ncc(Cl)cn5)CC4)sc3n2)c(F)c1. The van der Waals surface area contributed by atoms with E-state index in [0.717, 1.165) is 43.2 Å². The third-order valence-electron chi connectivity index (χ3n) is 5.73. The maximum atomic E-state index is 14.4. The molecule has 0 unspecified atom stereocenters. The lowest BCUT2D eigenvalue weighted by atomic mass is 9.94. The number of hydrogen-bond donors (Lipinski definition) is 0. The fraction of sp³-hybridized carbons (Fsp3) is 0.364. The smallest absolute Gasteiger partial charge is 0.294 e. The van der Waals surface area contributed by atoms with Crippen LogP contribution in [0.3, 0.4) is 0 Å². The van der Waals surface area contributed by atoms with E-state index in [2.05, 4.69) is 25.0 Å². The van der Waals surface area contributed by atoms with Crippen molar-refractivity contribution in [2.75, 3.05) is 30.9 Å². The Kier molecular flexibility index (Phi) is 6.66. The topological polar surface area (TPSA) is 68.4 Å². The van der Waals surface area contributed by atoms with Gasteiger partial charge in [-0.1, -0.05) is 11.6 Å². The highest BCUT2D eigenvalue weighted by atomic mass is 35.5. The molecule has 1 aliphatic heterocycles. The van der Waals surface area contributed by atoms with Gasteiger partial charge in [-0.25, -0.2) is 23.9 Å². The number of nitrogens with zero attached hydrogens (tertiary/aromatic N) is 6. The van der Waals surface area contributed by atoms with Gasteiger partial charge in [-0.05, 0) is 61.0 Å². The van der Waals surface area contributed by atoms with Crippen LogP contribution < -0.4 is 9.64 Å². The van der Waals surface area contributed by atoms with Crippen molar-refractivity contribution < 1.29 is 9.13 Å². The Morgan fingerprint density at radius 3 is 2.73 bits per heavy atom. The molecule has 1 aromatic carbocycles. The maximum absolute atomic E-state index is 14.4. The quantitative estimate of drug-likeness (QED) is 0.310. The minimum absolute atomic E-state index is 0.280. The largest absolute Gasteiger partial charge is 0.469 e. The number of fused-ring (bicyclic) bond motifs is 1. The van der Waals surface area contributed by atoms with Crippen LogP contribution in [-0.4, -0.2) is 50.5 Å². The summed E-state index contributed by atoms with van der Waals surface area (Å²) in [6, 6.07) is 5.18. The second kappa shape index (κ2) is 9.82. The first-order valence-electron chi connectivity index (χ1n) is 10.6. The Morgan fingerprint density at radius 1 is 1.24 bits per heavy atom. The molecule has 0 N–H and O–H groups in total. The van der Waals surface area contributed by atoms with E-state index in [0.29, 0.717) is 39.0 Å². The Hall–Kier alpha value is -2.43. The fourth-order valence-corrected chi connectivity index (χ4v) is 5.19. The van der Waals surface area contributed by atoms with Gasteiger partial charge in [-0.2, -0.15) is 0 Å². The zero-order chi connectivity index (χ0) is 22.8. The zero-order valence-corrected chi connectivity index (χ0v) is 20.3. The van der Waals surface area contributed by atoms with E-state index in [1.54, 1.807) is 29.2 Å². The van der Waals surface area contributed by atoms with Crippen LogP contribution in [0.1, 0.15) is 19.3 Å². The summed E-state index contributed by atoms with van der Waals surface area (Å²) >= 11 is 8.75. The Labute approximate surface area is 204 Å². The van der Waals surface area contributed by atoms with Crippen molar-refractivity contribution in [2.45, 2.75) is 24.2 Å². The van der Waals surface area contributed by atoms with Gasteiger partial charge in [0.25, 0.3) is 5.19 Å². The molecule has 0 radical (unpaired) electrons. The molecule has 0 spiro atoms. The first-order valence-corrected chi connectivity index (χ1v) is 13.1. The van der Waals surface area contributed by atoms with Gasteiger partial charge in [0.05, 0.1) is 35.9 Å². The summed E-state index contributed by atoms with van der Waals surface area (Å²) in [7, 11) is 0. The van der Waals surface area contributed by atoms with Crippen LogP contribution in [0.4, 0.5) is 10.3 Å². The lowest BCUT2D eigenvalue weighted by molar-refractivity contribution is 0.255. The van der Waals surface area contributed by atoms with E-state index in [1.165, 1.54) is 29.2 Å². The molecule has 0 saturated carbocycles. The minimum atomic E-state index is -0.280. The Morgan fingerprint density at radius 2 is 2.03 bits per heavy atom. The highest BCUT2D eigenvalue weighted by Crippen LogP contribution is 2.30. The zero-order valence-electron chi connectivity index (χ0n) is 17.9. The first kappa shape index (κ1) is 22.4. The first-order chi connectivity index (χ1) is 16.1. The lowest BCUT2D eigenvalue weighted by Crippen LogP contribution is -2.35. The van der Waals surface area contributed by atoms with Crippen molar-refractivity contribution in [1.29, 1.82) is 0 Å². The molecule has 0 amide bonds. The second-order valence-corrected chi connectivity index (χ2v) is 10.1. The Bertz CT molecular complexity index is 1210. The standard InChI is InChI=1S/C22H22ClFN6OS2/c1-32-16-2-3-17(18(24)10-16)19-13-30-21(27-19)33-22(28-30)31-9-6-14-4-7-29(8-5-14)20-25-11-15(23)12-26-20/h2-3,10-14H,4-9H2,1H3. The monoisotopic (exact) mass is 504 g/mol. The average molecular weight is 505 g/mol. The summed E-state index contributed by atoms with van der Waals surface area (Å²) in [5.74, 6) is 1.05. The normalized spacial score (nSPS) is 14.8. The summed E-state index contributed by atoms with van der Waals surface area (Å²) < 4.78 is 21.9. The van der Waals surface area contributed by atoms with Gasteiger partial charge in [0.2, 0.25) is 10.9 Å². The van der Waals surface area contributed by atoms with Gasteiger partial charge in [0.1, 0.15) is 5.82 Å². The summed E-state index contributed by atoms with van der Waals surface area (Å²) in [6.07, 6.45) is 10.0. The molecule has 3 aromatic heterocycles. The number of halogens is 2. The highest BCUT2D eigenvalue weighted by molar-refractivity contribution is 7.98. The van der Waals surface area contributed by atoms with Gasteiger partial charge < -0.3 is 9.64 Å². The second-order valence-electron chi connectivity index (χ2n) is 7.84. The van der Waals surface area contributed by atoms with Crippen LogP contribution >= 0.6 is 34.7 Å². The molecule has 0 bridgehead atoms. The van der Waals surface area contributed by atoms with Crippen LogP contribution in [-0.2, 0) is 0 Å². The molecule has 33 heavy (non-hydrogen) atoms. The van der Waals surface area contributed by atoms with Crippen molar-refractivity contribution >= 4 is 45.6 Å². The van der Waals surface area contributed by atoms with E-state index in [9.17, 15) is 4.39 Å². The maximum Gasteiger partial charge on any atom is 0.294 e. The third kappa shape index (κ3) is 5.07. The summed E-state index contributed by atoms with van der Waals surface area (Å²) in [4.78, 5) is 16.9. The van der Waals surface area contributed by atoms with Crippen LogP contribution in [0.2, 0.25) is 5.02 Å². The molecule has 4 aromatic rings. The third-order valence-corrected chi connectivity index (χ3v) is 7.49. The highest BCUT2D eigenvalue weighted by Gasteiger charge is 2.21. The predicted octanol–water partition coefficient (Wildman–Crippen LogP) is 5.45. The van der Waals surface area contributed by atoms with Crippen LogP contribution in [0.5, 0.6) is 5.19 Å². The molecular weight excluding hydrogens is 483 g/mol. The molecule has 0 atom stereocenters. The van der Waals surface area contributed by atoms with Crippen LogP contribution in [0.25, 0.3) is 16.2 Å². The number of ether oxygens (including phenoxy) is 1. The van der Waals surface area contributed by atoms with Crippen LogP contribution in [0.15, 0.2) is 41.7 Å². The lowest BCUT2D eigenvalue weighted by Gasteiger charge is -2.31. The molecule has 5 rings (SSSR count). The molecule has 1 fully saturated rings. The fourth-order valence-electron chi connectivity index (χ4n) is 3.90. The van der Waals surface area contributed by atoms with Gasteiger partial charge in [0, 0.05) is 23.5 Å². The van der Waals surface area contributed by atoms with Gasteiger partial charge in [-0.3, -0.25) is 0 Å². The summed E-state index contributed by atoms with van der Waals surface area (Å²) in [5.41, 5.74) is 1.05. The minimum Gasteiger partial charge on any atom is -0.469 e. The number of aromatic nitrogens is 5. The number of benzene rings is 1. The molecule has 0 aliphatic carbocycles. The Balaban J connectivity index is 1.13.